The number of pyridine rings is 1. The number of aromatic nitrogens is 1. The standard InChI is InChI=1S/C16H15ClN2O3/c1-3-22-16(21)13-6-4-5-12(18-13)15(20)19-14-9-11(17)8-7-10(14)2/h4-9H,3H2,1-2H3,(H,19,20). The molecule has 0 aliphatic heterocycles. The van der Waals surface area contributed by atoms with Gasteiger partial charge in [0.1, 0.15) is 11.4 Å². The first kappa shape index (κ1) is 16.0. The molecule has 5 nitrogen and oxygen atoms in total. The van der Waals surface area contributed by atoms with Crippen LogP contribution in [-0.2, 0) is 4.74 Å². The maximum Gasteiger partial charge on any atom is 0.356 e. The molecule has 0 fully saturated rings. The molecule has 6 heteroatoms. The van der Waals surface area contributed by atoms with Crippen molar-refractivity contribution < 1.29 is 14.3 Å². The van der Waals surface area contributed by atoms with Gasteiger partial charge in [0.25, 0.3) is 5.91 Å². The van der Waals surface area contributed by atoms with E-state index < -0.39 is 11.9 Å². The molecule has 2 aromatic rings. The second-order valence-electron chi connectivity index (χ2n) is 4.54. The molecule has 22 heavy (non-hydrogen) atoms. The number of anilines is 1. The van der Waals surface area contributed by atoms with Crippen LogP contribution in [-0.4, -0.2) is 23.5 Å². The summed E-state index contributed by atoms with van der Waals surface area (Å²) in [6.07, 6.45) is 0. The van der Waals surface area contributed by atoms with Crippen LogP contribution in [0.25, 0.3) is 0 Å². The number of hydrogen-bond donors (Lipinski definition) is 1. The van der Waals surface area contributed by atoms with Crippen molar-refractivity contribution in [1.29, 1.82) is 0 Å². The van der Waals surface area contributed by atoms with E-state index in [-0.39, 0.29) is 18.0 Å². The van der Waals surface area contributed by atoms with Crippen LogP contribution in [0, 0.1) is 6.92 Å². The number of hydrogen-bond acceptors (Lipinski definition) is 4. The summed E-state index contributed by atoms with van der Waals surface area (Å²) in [6.45, 7) is 3.81. The summed E-state index contributed by atoms with van der Waals surface area (Å²) < 4.78 is 4.87. The van der Waals surface area contributed by atoms with Crippen molar-refractivity contribution in [2.45, 2.75) is 13.8 Å². The Morgan fingerprint density at radius 1 is 1.23 bits per heavy atom. The van der Waals surface area contributed by atoms with Crippen molar-refractivity contribution in [2.75, 3.05) is 11.9 Å². The molecule has 1 N–H and O–H groups in total. The Balaban J connectivity index is 2.21. The molecule has 1 heterocycles. The Morgan fingerprint density at radius 3 is 2.68 bits per heavy atom. The first-order chi connectivity index (χ1) is 10.5. The molecule has 0 unspecified atom stereocenters. The van der Waals surface area contributed by atoms with Gasteiger partial charge in [0.2, 0.25) is 0 Å². The summed E-state index contributed by atoms with van der Waals surface area (Å²) in [5, 5.41) is 3.25. The maximum absolute atomic E-state index is 12.2. The number of amides is 1. The number of carbonyl (C=O) groups excluding carboxylic acids is 2. The van der Waals surface area contributed by atoms with Crippen LogP contribution in [0.15, 0.2) is 36.4 Å². The van der Waals surface area contributed by atoms with Gasteiger partial charge in [-0.2, -0.15) is 0 Å². The number of ether oxygens (including phenoxy) is 1. The molecule has 0 radical (unpaired) electrons. The van der Waals surface area contributed by atoms with E-state index in [0.29, 0.717) is 10.7 Å². The Morgan fingerprint density at radius 2 is 1.95 bits per heavy atom. The molecule has 114 valence electrons. The van der Waals surface area contributed by atoms with Crippen molar-refractivity contribution in [2.24, 2.45) is 0 Å². The fraction of sp³-hybridized carbons (Fsp3) is 0.188. The summed E-state index contributed by atoms with van der Waals surface area (Å²) in [6, 6.07) is 9.81. The summed E-state index contributed by atoms with van der Waals surface area (Å²) in [7, 11) is 0. The highest BCUT2D eigenvalue weighted by atomic mass is 35.5. The number of nitrogens with one attached hydrogen (secondary N) is 1. The Bertz CT molecular complexity index is 716. The average Bonchev–Trinajstić information content (AvgIpc) is 2.51. The number of esters is 1. The minimum absolute atomic E-state index is 0.0947. The highest BCUT2D eigenvalue weighted by Crippen LogP contribution is 2.20. The van der Waals surface area contributed by atoms with Gasteiger partial charge in [-0.15, -0.1) is 0 Å². The van der Waals surface area contributed by atoms with E-state index in [1.165, 1.54) is 12.1 Å². The predicted molar refractivity (Wildman–Crippen MR) is 84.3 cm³/mol. The van der Waals surface area contributed by atoms with Crippen LogP contribution >= 0.6 is 11.6 Å². The van der Waals surface area contributed by atoms with Crippen molar-refractivity contribution in [3.63, 3.8) is 0 Å². The molecule has 0 aliphatic rings. The van der Waals surface area contributed by atoms with Crippen molar-refractivity contribution >= 4 is 29.2 Å². The van der Waals surface area contributed by atoms with Gasteiger partial charge >= 0.3 is 5.97 Å². The zero-order chi connectivity index (χ0) is 16.1. The minimum atomic E-state index is -0.559. The Labute approximate surface area is 133 Å². The Kier molecular flexibility index (Phi) is 5.12. The number of benzene rings is 1. The molecule has 0 spiro atoms. The number of carbonyl (C=O) groups is 2. The average molecular weight is 319 g/mol. The molecule has 0 saturated carbocycles. The third-order valence-electron chi connectivity index (χ3n) is 2.91. The van der Waals surface area contributed by atoms with E-state index in [1.54, 1.807) is 31.2 Å². The van der Waals surface area contributed by atoms with E-state index in [1.807, 2.05) is 6.92 Å². The van der Waals surface area contributed by atoms with Gasteiger partial charge in [0.05, 0.1) is 6.61 Å². The maximum atomic E-state index is 12.2. The summed E-state index contributed by atoms with van der Waals surface area (Å²) in [4.78, 5) is 27.9. The lowest BCUT2D eigenvalue weighted by Crippen LogP contribution is -2.16. The fourth-order valence-electron chi connectivity index (χ4n) is 1.80. The lowest BCUT2D eigenvalue weighted by atomic mass is 10.2. The summed E-state index contributed by atoms with van der Waals surface area (Å²) in [5.74, 6) is -0.979. The summed E-state index contributed by atoms with van der Waals surface area (Å²) in [5.41, 5.74) is 1.70. The third kappa shape index (κ3) is 3.83. The van der Waals surface area contributed by atoms with Gasteiger partial charge in [-0.05, 0) is 43.7 Å². The highest BCUT2D eigenvalue weighted by Gasteiger charge is 2.14. The van der Waals surface area contributed by atoms with Crippen LogP contribution in [0.3, 0.4) is 0 Å². The molecule has 0 bridgehead atoms. The minimum Gasteiger partial charge on any atom is -0.461 e. The highest BCUT2D eigenvalue weighted by molar-refractivity contribution is 6.31. The van der Waals surface area contributed by atoms with Gasteiger partial charge in [0.15, 0.2) is 0 Å². The zero-order valence-electron chi connectivity index (χ0n) is 12.2. The number of rotatable bonds is 4. The predicted octanol–water partition coefficient (Wildman–Crippen LogP) is 3.47. The van der Waals surface area contributed by atoms with E-state index in [9.17, 15) is 9.59 Å². The van der Waals surface area contributed by atoms with Gasteiger partial charge in [-0.25, -0.2) is 9.78 Å². The van der Waals surface area contributed by atoms with Gasteiger partial charge in [0, 0.05) is 10.7 Å². The van der Waals surface area contributed by atoms with Crippen LogP contribution < -0.4 is 5.32 Å². The number of aryl methyl sites for hydroxylation is 1. The van der Waals surface area contributed by atoms with Crippen molar-refractivity contribution in [3.8, 4) is 0 Å². The lowest BCUT2D eigenvalue weighted by molar-refractivity contribution is 0.0519. The van der Waals surface area contributed by atoms with Gasteiger partial charge in [-0.1, -0.05) is 23.7 Å². The van der Waals surface area contributed by atoms with Gasteiger partial charge < -0.3 is 10.1 Å². The SMILES string of the molecule is CCOC(=O)c1cccc(C(=O)Nc2cc(Cl)ccc2C)n1. The number of nitrogens with zero attached hydrogens (tertiary/aromatic N) is 1. The molecule has 2 rings (SSSR count). The third-order valence-corrected chi connectivity index (χ3v) is 3.15. The first-order valence-corrected chi connectivity index (χ1v) is 7.10. The zero-order valence-corrected chi connectivity index (χ0v) is 13.0. The van der Waals surface area contributed by atoms with E-state index in [2.05, 4.69) is 10.3 Å². The van der Waals surface area contributed by atoms with E-state index >= 15 is 0 Å². The smallest absolute Gasteiger partial charge is 0.356 e. The quantitative estimate of drug-likeness (QED) is 0.876. The normalized spacial score (nSPS) is 10.1. The van der Waals surface area contributed by atoms with Crippen LogP contribution in [0.2, 0.25) is 5.02 Å². The van der Waals surface area contributed by atoms with E-state index in [4.69, 9.17) is 16.3 Å². The van der Waals surface area contributed by atoms with E-state index in [0.717, 1.165) is 5.56 Å². The fourth-order valence-corrected chi connectivity index (χ4v) is 1.97. The molecule has 1 aromatic carbocycles. The second kappa shape index (κ2) is 7.04. The molecular formula is C16H15ClN2O3. The van der Waals surface area contributed by atoms with Crippen LogP contribution in [0.1, 0.15) is 33.5 Å². The topological polar surface area (TPSA) is 68.3 Å². The second-order valence-corrected chi connectivity index (χ2v) is 4.98. The van der Waals surface area contributed by atoms with Crippen molar-refractivity contribution in [1.82, 2.24) is 4.98 Å². The molecule has 1 aromatic heterocycles. The first-order valence-electron chi connectivity index (χ1n) is 6.73. The van der Waals surface area contributed by atoms with Crippen molar-refractivity contribution in [3.05, 3.63) is 58.4 Å². The number of halogens is 1. The molecule has 0 saturated heterocycles. The Hall–Kier alpha value is -2.40. The summed E-state index contributed by atoms with van der Waals surface area (Å²) >= 11 is 5.92. The molecule has 0 aliphatic carbocycles. The monoisotopic (exact) mass is 318 g/mol. The molecular weight excluding hydrogens is 304 g/mol. The van der Waals surface area contributed by atoms with Crippen LogP contribution in [0.5, 0.6) is 0 Å². The van der Waals surface area contributed by atoms with Gasteiger partial charge in [-0.3, -0.25) is 4.79 Å². The molecule has 1 amide bonds. The molecule has 0 atom stereocenters. The largest absolute Gasteiger partial charge is 0.461 e. The van der Waals surface area contributed by atoms with Crippen LogP contribution in [0.4, 0.5) is 5.69 Å². The lowest BCUT2D eigenvalue weighted by Gasteiger charge is -2.09.